The van der Waals surface area contributed by atoms with Crippen LogP contribution in [0, 0.1) is 0 Å². The standard InChI is InChI=1S/C11H8BrF5O3/c1-5(18)9(12)6-2-7(19-10(13)14)4-8(3-6)20-11(15,16)17/h2-4,9-10H,1H3. The Kier molecular flexibility index (Phi) is 5.32. The maximum atomic E-state index is 12.1. The van der Waals surface area contributed by atoms with Gasteiger partial charge in [0.05, 0.1) is 4.83 Å². The molecule has 0 spiro atoms. The summed E-state index contributed by atoms with van der Waals surface area (Å²) in [7, 11) is 0. The lowest BCUT2D eigenvalue weighted by Crippen LogP contribution is -2.17. The Morgan fingerprint density at radius 3 is 2.20 bits per heavy atom. The van der Waals surface area contributed by atoms with E-state index in [1.807, 2.05) is 0 Å². The van der Waals surface area contributed by atoms with Crippen molar-refractivity contribution in [3.8, 4) is 11.5 Å². The number of benzene rings is 1. The minimum atomic E-state index is -4.99. The zero-order valence-electron chi connectivity index (χ0n) is 9.88. The summed E-state index contributed by atoms with van der Waals surface area (Å²) in [5.41, 5.74) is 0.00917. The summed E-state index contributed by atoms with van der Waals surface area (Å²) in [5.74, 6) is -1.71. The molecule has 0 aliphatic rings. The zero-order chi connectivity index (χ0) is 15.5. The lowest BCUT2D eigenvalue weighted by Gasteiger charge is -2.14. The highest BCUT2D eigenvalue weighted by atomic mass is 79.9. The van der Waals surface area contributed by atoms with Crippen molar-refractivity contribution in [3.05, 3.63) is 23.8 Å². The largest absolute Gasteiger partial charge is 0.573 e. The SMILES string of the molecule is CC(=O)C(Br)c1cc(OC(F)F)cc(OC(F)(F)F)c1. The van der Waals surface area contributed by atoms with Gasteiger partial charge in [-0.3, -0.25) is 4.79 Å². The Balaban J connectivity index is 3.17. The van der Waals surface area contributed by atoms with Crippen LogP contribution in [-0.2, 0) is 4.79 Å². The van der Waals surface area contributed by atoms with Gasteiger partial charge in [-0.05, 0) is 24.6 Å². The summed E-state index contributed by atoms with van der Waals surface area (Å²) in [6, 6.07) is 2.59. The number of halogens is 6. The molecule has 1 atom stereocenters. The molecule has 3 nitrogen and oxygen atoms in total. The van der Waals surface area contributed by atoms with Crippen LogP contribution in [0.1, 0.15) is 17.3 Å². The van der Waals surface area contributed by atoms with Crippen LogP contribution in [0.25, 0.3) is 0 Å². The van der Waals surface area contributed by atoms with Gasteiger partial charge in [-0.15, -0.1) is 13.2 Å². The fourth-order valence-corrected chi connectivity index (χ4v) is 1.60. The van der Waals surface area contributed by atoms with Gasteiger partial charge in [-0.1, -0.05) is 15.9 Å². The number of alkyl halides is 6. The molecule has 0 saturated heterocycles. The lowest BCUT2D eigenvalue weighted by atomic mass is 10.1. The zero-order valence-corrected chi connectivity index (χ0v) is 11.5. The maximum absolute atomic E-state index is 12.1. The monoisotopic (exact) mass is 362 g/mol. The van der Waals surface area contributed by atoms with Crippen LogP contribution in [0.4, 0.5) is 22.0 Å². The molecule has 1 aromatic rings. The Bertz CT molecular complexity index is 489. The number of carbonyl (C=O) groups is 1. The molecule has 0 heterocycles. The van der Waals surface area contributed by atoms with Gasteiger partial charge in [-0.2, -0.15) is 8.78 Å². The molecule has 0 aliphatic carbocycles. The highest BCUT2D eigenvalue weighted by molar-refractivity contribution is 9.09. The van der Waals surface area contributed by atoms with Gasteiger partial charge in [0, 0.05) is 6.07 Å². The third kappa shape index (κ3) is 5.32. The normalized spacial score (nSPS) is 13.2. The number of carbonyl (C=O) groups excluding carboxylic acids is 1. The van der Waals surface area contributed by atoms with Crippen molar-refractivity contribution in [2.75, 3.05) is 0 Å². The summed E-state index contributed by atoms with van der Waals surface area (Å²) >= 11 is 2.94. The molecular weight excluding hydrogens is 355 g/mol. The van der Waals surface area contributed by atoms with Crippen molar-refractivity contribution in [2.45, 2.75) is 24.7 Å². The van der Waals surface area contributed by atoms with E-state index in [4.69, 9.17) is 0 Å². The first kappa shape index (κ1) is 16.7. The number of hydrogen-bond acceptors (Lipinski definition) is 3. The molecule has 1 rings (SSSR count). The first-order chi connectivity index (χ1) is 9.08. The Hall–Kier alpha value is -1.38. The van der Waals surface area contributed by atoms with Crippen LogP contribution in [0.3, 0.4) is 0 Å². The molecule has 1 unspecified atom stereocenters. The number of rotatable bonds is 5. The summed E-state index contributed by atoms with van der Waals surface area (Å²) in [6.45, 7) is -2.03. The fraction of sp³-hybridized carbons (Fsp3) is 0.364. The second-order valence-corrected chi connectivity index (χ2v) is 4.55. The first-order valence-electron chi connectivity index (χ1n) is 5.08. The molecule has 0 amide bonds. The van der Waals surface area contributed by atoms with Gasteiger partial charge in [-0.25, -0.2) is 0 Å². The van der Waals surface area contributed by atoms with Crippen LogP contribution >= 0.6 is 15.9 Å². The molecule has 9 heteroatoms. The van der Waals surface area contributed by atoms with Crippen LogP contribution in [0.5, 0.6) is 11.5 Å². The minimum absolute atomic E-state index is 0.00917. The number of Topliss-reactive ketones (excluding diaryl/α,β-unsaturated/α-hetero) is 1. The van der Waals surface area contributed by atoms with Crippen LogP contribution in [0.15, 0.2) is 18.2 Å². The van der Waals surface area contributed by atoms with E-state index >= 15 is 0 Å². The molecule has 0 radical (unpaired) electrons. The summed E-state index contributed by atoms with van der Waals surface area (Å²) in [6.07, 6.45) is -4.99. The summed E-state index contributed by atoms with van der Waals surface area (Å²) in [5, 5.41) is 0. The second kappa shape index (κ2) is 6.38. The minimum Gasteiger partial charge on any atom is -0.435 e. The molecule has 112 valence electrons. The molecule has 0 fully saturated rings. The predicted octanol–water partition coefficient (Wildman–Crippen LogP) is 4.21. The first-order valence-corrected chi connectivity index (χ1v) is 6.00. The topological polar surface area (TPSA) is 35.5 Å². The smallest absolute Gasteiger partial charge is 0.435 e. The summed E-state index contributed by atoms with van der Waals surface area (Å²) in [4.78, 5) is 10.2. The average molecular weight is 363 g/mol. The highest BCUT2D eigenvalue weighted by Crippen LogP contribution is 2.34. The van der Waals surface area contributed by atoms with Crippen molar-refractivity contribution < 1.29 is 36.2 Å². The van der Waals surface area contributed by atoms with E-state index in [1.54, 1.807) is 0 Å². The lowest BCUT2D eigenvalue weighted by molar-refractivity contribution is -0.274. The van der Waals surface area contributed by atoms with Gasteiger partial charge < -0.3 is 9.47 Å². The Morgan fingerprint density at radius 2 is 1.75 bits per heavy atom. The van der Waals surface area contributed by atoms with E-state index in [0.29, 0.717) is 6.07 Å². The van der Waals surface area contributed by atoms with Crippen molar-refractivity contribution in [3.63, 3.8) is 0 Å². The molecular formula is C11H8BrF5O3. The Labute approximate surface area is 118 Å². The van der Waals surface area contributed by atoms with Crippen molar-refractivity contribution in [1.29, 1.82) is 0 Å². The van der Waals surface area contributed by atoms with Gasteiger partial charge in [0.25, 0.3) is 0 Å². The quantitative estimate of drug-likeness (QED) is 0.581. The molecule has 0 bridgehead atoms. The van der Waals surface area contributed by atoms with Gasteiger partial charge in [0.15, 0.2) is 0 Å². The van der Waals surface area contributed by atoms with E-state index in [1.165, 1.54) is 6.92 Å². The molecule has 1 aromatic carbocycles. The van der Waals surface area contributed by atoms with Gasteiger partial charge in [0.1, 0.15) is 17.3 Å². The van der Waals surface area contributed by atoms with E-state index < -0.39 is 35.1 Å². The number of ether oxygens (including phenoxy) is 2. The van der Waals surface area contributed by atoms with E-state index in [2.05, 4.69) is 25.4 Å². The summed E-state index contributed by atoms with van der Waals surface area (Å²) < 4.78 is 68.3. The van der Waals surface area contributed by atoms with E-state index in [-0.39, 0.29) is 5.56 Å². The maximum Gasteiger partial charge on any atom is 0.573 e. The van der Waals surface area contributed by atoms with Gasteiger partial charge >= 0.3 is 13.0 Å². The average Bonchev–Trinajstić information content (AvgIpc) is 2.23. The van der Waals surface area contributed by atoms with Crippen LogP contribution in [0.2, 0.25) is 0 Å². The predicted molar refractivity (Wildman–Crippen MR) is 62.1 cm³/mol. The van der Waals surface area contributed by atoms with Crippen molar-refractivity contribution >= 4 is 21.7 Å². The van der Waals surface area contributed by atoms with Crippen LogP contribution < -0.4 is 9.47 Å². The molecule has 0 saturated carbocycles. The van der Waals surface area contributed by atoms with Crippen molar-refractivity contribution in [2.24, 2.45) is 0 Å². The fourth-order valence-electron chi connectivity index (χ4n) is 1.34. The van der Waals surface area contributed by atoms with Gasteiger partial charge in [0.2, 0.25) is 0 Å². The number of ketones is 1. The van der Waals surface area contributed by atoms with Crippen LogP contribution in [-0.4, -0.2) is 18.8 Å². The number of hydrogen-bond donors (Lipinski definition) is 0. The van der Waals surface area contributed by atoms with E-state index in [9.17, 15) is 26.7 Å². The van der Waals surface area contributed by atoms with E-state index in [0.717, 1.165) is 12.1 Å². The third-order valence-electron chi connectivity index (χ3n) is 2.01. The molecule has 0 aromatic heterocycles. The third-order valence-corrected chi connectivity index (χ3v) is 3.18. The second-order valence-electron chi connectivity index (χ2n) is 3.64. The molecule has 0 N–H and O–H groups in total. The Morgan fingerprint density at radius 1 is 1.20 bits per heavy atom. The highest BCUT2D eigenvalue weighted by Gasteiger charge is 2.32. The molecule has 20 heavy (non-hydrogen) atoms. The van der Waals surface area contributed by atoms with Crippen molar-refractivity contribution in [1.82, 2.24) is 0 Å². The molecule has 0 aliphatic heterocycles.